The summed E-state index contributed by atoms with van der Waals surface area (Å²) >= 11 is 6.87. The zero-order valence-corrected chi connectivity index (χ0v) is 14.6. The number of carbonyl (C=O) groups excluding carboxylic acids is 1. The Labute approximate surface area is 143 Å². The Bertz CT molecular complexity index is 701. The summed E-state index contributed by atoms with van der Waals surface area (Å²) in [7, 11) is 0. The molecule has 8 heteroatoms. The molecule has 0 radical (unpaired) electrons. The first-order valence-electron chi connectivity index (χ1n) is 7.73. The second kappa shape index (κ2) is 7.37. The second-order valence-corrected chi connectivity index (χ2v) is 7.04. The molecule has 1 aliphatic rings. The molecule has 2 atom stereocenters. The molecule has 0 aliphatic carbocycles. The molecule has 124 valence electrons. The number of aromatic nitrogens is 3. The molecule has 2 N–H and O–H groups in total. The lowest BCUT2D eigenvalue weighted by Crippen LogP contribution is -2.37. The van der Waals surface area contributed by atoms with E-state index in [1.165, 1.54) is 0 Å². The van der Waals surface area contributed by atoms with Crippen molar-refractivity contribution in [1.82, 2.24) is 20.1 Å². The first kappa shape index (κ1) is 16.4. The van der Waals surface area contributed by atoms with E-state index in [1.807, 2.05) is 24.4 Å². The molecule has 3 rings (SSSR count). The van der Waals surface area contributed by atoms with Crippen LogP contribution in [0.3, 0.4) is 0 Å². The molecule has 1 fully saturated rings. The van der Waals surface area contributed by atoms with Crippen molar-refractivity contribution in [3.05, 3.63) is 22.3 Å². The van der Waals surface area contributed by atoms with Gasteiger partial charge < -0.3 is 10.1 Å². The molecule has 0 bridgehead atoms. The summed E-state index contributed by atoms with van der Waals surface area (Å²) in [6.07, 6.45) is 2.16. The summed E-state index contributed by atoms with van der Waals surface area (Å²) in [5.74, 6) is 1.05. The zero-order valence-electron chi connectivity index (χ0n) is 12.9. The van der Waals surface area contributed by atoms with Crippen LogP contribution < -0.4 is 5.32 Å². The molecule has 1 aliphatic heterocycles. The van der Waals surface area contributed by atoms with Crippen molar-refractivity contribution in [3.8, 4) is 10.7 Å². The monoisotopic (exact) mass is 352 g/mol. The fourth-order valence-corrected chi connectivity index (χ4v) is 3.72. The van der Waals surface area contributed by atoms with E-state index in [9.17, 15) is 4.79 Å². The number of hydrogen-bond donors (Lipinski definition) is 2. The van der Waals surface area contributed by atoms with E-state index in [2.05, 4.69) is 15.5 Å². The third-order valence-corrected chi connectivity index (χ3v) is 5.19. The molecule has 1 saturated heterocycles. The van der Waals surface area contributed by atoms with E-state index in [0.29, 0.717) is 23.1 Å². The van der Waals surface area contributed by atoms with Crippen LogP contribution in [0.1, 0.15) is 25.8 Å². The number of carbonyl (C=O) groups is 1. The smallest absolute Gasteiger partial charge is 0.242 e. The van der Waals surface area contributed by atoms with Gasteiger partial charge in [0.05, 0.1) is 11.5 Å². The van der Waals surface area contributed by atoms with E-state index < -0.39 is 6.04 Å². The highest BCUT2D eigenvalue weighted by Crippen LogP contribution is 2.25. The lowest BCUT2D eigenvalue weighted by Gasteiger charge is -2.23. The topological polar surface area (TPSA) is 71.9 Å². The van der Waals surface area contributed by atoms with Gasteiger partial charge in [-0.05, 0) is 49.3 Å². The maximum absolute atomic E-state index is 12.5. The maximum Gasteiger partial charge on any atom is 0.242 e. The maximum atomic E-state index is 12.5. The average molecular weight is 352 g/mol. The van der Waals surface area contributed by atoms with Gasteiger partial charge in [0.25, 0.3) is 0 Å². The molecule has 23 heavy (non-hydrogen) atoms. The van der Waals surface area contributed by atoms with Crippen molar-refractivity contribution in [2.45, 2.75) is 25.8 Å². The lowest BCUT2D eigenvalue weighted by atomic mass is 10.0. The quantitative estimate of drug-likeness (QED) is 0.812. The third kappa shape index (κ3) is 3.70. The van der Waals surface area contributed by atoms with E-state index in [1.54, 1.807) is 15.9 Å². The van der Waals surface area contributed by atoms with Gasteiger partial charge in [-0.25, -0.2) is 0 Å². The van der Waals surface area contributed by atoms with Gasteiger partial charge >= 0.3 is 0 Å². The minimum Gasteiger partial charge on any atom is -0.381 e. The summed E-state index contributed by atoms with van der Waals surface area (Å²) in [6, 6.07) is 3.51. The summed E-state index contributed by atoms with van der Waals surface area (Å²) in [4.78, 5) is 13.5. The van der Waals surface area contributed by atoms with Crippen LogP contribution in [-0.2, 0) is 9.53 Å². The molecule has 6 nitrogen and oxygen atoms in total. The summed E-state index contributed by atoms with van der Waals surface area (Å²) in [6.45, 7) is 4.03. The number of ether oxygens (including phenoxy) is 1. The highest BCUT2D eigenvalue weighted by molar-refractivity contribution is 7.71. The van der Waals surface area contributed by atoms with Gasteiger partial charge in [0.15, 0.2) is 10.6 Å². The van der Waals surface area contributed by atoms with Gasteiger partial charge in [0.2, 0.25) is 5.91 Å². The predicted octanol–water partition coefficient (Wildman–Crippen LogP) is 2.77. The normalized spacial score (nSPS) is 19.4. The van der Waals surface area contributed by atoms with Crippen molar-refractivity contribution in [1.29, 1.82) is 0 Å². The minimum atomic E-state index is -0.414. The second-order valence-electron chi connectivity index (χ2n) is 5.70. The number of rotatable bonds is 5. The Kier molecular flexibility index (Phi) is 5.24. The first-order chi connectivity index (χ1) is 11.2. The van der Waals surface area contributed by atoms with Gasteiger partial charge in [-0.1, -0.05) is 6.07 Å². The standard InChI is InChI=1S/C15H20N4O2S2/c1-10(14(20)16-8-11-4-2-6-21-9-11)19-13(17-18-15(19)22)12-5-3-7-23-12/h3,5,7,10-11H,2,4,6,8-9H2,1H3,(H,16,20)(H,18,22)/t10-,11+/m0/s1. The molecule has 1 amide bonds. The van der Waals surface area contributed by atoms with Crippen molar-refractivity contribution in [3.63, 3.8) is 0 Å². The Balaban J connectivity index is 1.70. The van der Waals surface area contributed by atoms with Crippen LogP contribution in [0.15, 0.2) is 17.5 Å². The molecule has 0 unspecified atom stereocenters. The van der Waals surface area contributed by atoms with Crippen molar-refractivity contribution >= 4 is 29.5 Å². The van der Waals surface area contributed by atoms with Gasteiger partial charge in [0.1, 0.15) is 6.04 Å². The molecule has 0 saturated carbocycles. The van der Waals surface area contributed by atoms with Gasteiger partial charge in [-0.2, -0.15) is 5.10 Å². The van der Waals surface area contributed by atoms with Crippen LogP contribution in [0.5, 0.6) is 0 Å². The molecule has 2 aromatic rings. The van der Waals surface area contributed by atoms with Crippen LogP contribution in [0, 0.1) is 10.7 Å². The Morgan fingerprint density at radius 2 is 2.57 bits per heavy atom. The average Bonchev–Trinajstić information content (AvgIpc) is 3.22. The fraction of sp³-hybridized carbons (Fsp3) is 0.533. The van der Waals surface area contributed by atoms with Crippen LogP contribution >= 0.6 is 23.6 Å². The number of H-pyrrole nitrogens is 1. The number of aromatic amines is 1. The Morgan fingerprint density at radius 1 is 1.70 bits per heavy atom. The zero-order chi connectivity index (χ0) is 16.2. The summed E-state index contributed by atoms with van der Waals surface area (Å²) in [5.41, 5.74) is 0. The summed E-state index contributed by atoms with van der Waals surface area (Å²) in [5, 5.41) is 12.1. The molecule has 2 aromatic heterocycles. The number of amides is 1. The number of hydrogen-bond acceptors (Lipinski definition) is 5. The molecular formula is C15H20N4O2S2. The summed E-state index contributed by atoms with van der Waals surface area (Å²) < 4.78 is 7.67. The Morgan fingerprint density at radius 3 is 3.26 bits per heavy atom. The Hall–Kier alpha value is -1.51. The fourth-order valence-electron chi connectivity index (χ4n) is 2.72. The molecular weight excluding hydrogens is 332 g/mol. The first-order valence-corrected chi connectivity index (χ1v) is 9.02. The van der Waals surface area contributed by atoms with Crippen LogP contribution in [0.2, 0.25) is 0 Å². The van der Waals surface area contributed by atoms with E-state index in [0.717, 1.165) is 30.9 Å². The van der Waals surface area contributed by atoms with E-state index in [4.69, 9.17) is 17.0 Å². The third-order valence-electron chi connectivity index (χ3n) is 4.03. The molecule has 0 aromatic carbocycles. The molecule has 3 heterocycles. The van der Waals surface area contributed by atoms with Crippen molar-refractivity contribution < 1.29 is 9.53 Å². The van der Waals surface area contributed by atoms with Crippen molar-refractivity contribution in [2.24, 2.45) is 5.92 Å². The highest BCUT2D eigenvalue weighted by Gasteiger charge is 2.22. The lowest BCUT2D eigenvalue weighted by molar-refractivity contribution is -0.124. The minimum absolute atomic E-state index is 0.0501. The largest absolute Gasteiger partial charge is 0.381 e. The highest BCUT2D eigenvalue weighted by atomic mass is 32.1. The van der Waals surface area contributed by atoms with Crippen LogP contribution in [-0.4, -0.2) is 40.4 Å². The number of nitrogens with zero attached hydrogens (tertiary/aromatic N) is 2. The van der Waals surface area contributed by atoms with E-state index in [-0.39, 0.29) is 5.91 Å². The van der Waals surface area contributed by atoms with Gasteiger partial charge in [-0.3, -0.25) is 14.5 Å². The number of thiophene rings is 1. The van der Waals surface area contributed by atoms with Gasteiger partial charge in [0, 0.05) is 13.2 Å². The van der Waals surface area contributed by atoms with Gasteiger partial charge in [-0.15, -0.1) is 11.3 Å². The predicted molar refractivity (Wildman–Crippen MR) is 92.0 cm³/mol. The van der Waals surface area contributed by atoms with E-state index >= 15 is 0 Å². The van der Waals surface area contributed by atoms with Crippen molar-refractivity contribution in [2.75, 3.05) is 19.8 Å². The SMILES string of the molecule is C[C@@H](C(=O)NC[C@H]1CCCOC1)n1c(-c2cccs2)n[nH]c1=S. The van der Waals surface area contributed by atoms with Crippen LogP contribution in [0.25, 0.3) is 10.7 Å². The molecule has 0 spiro atoms. The number of nitrogens with one attached hydrogen (secondary N) is 2. The van der Waals surface area contributed by atoms with Crippen LogP contribution in [0.4, 0.5) is 0 Å².